The van der Waals surface area contributed by atoms with E-state index in [4.69, 9.17) is 4.74 Å². The molecule has 10 nitrogen and oxygen atoms in total. The monoisotopic (exact) mass is 602 g/mol. The van der Waals surface area contributed by atoms with Crippen molar-refractivity contribution in [3.63, 3.8) is 0 Å². The normalized spacial score (nSPS) is 18.2. The van der Waals surface area contributed by atoms with Gasteiger partial charge in [-0.15, -0.1) is 24.5 Å². The Hall–Kier alpha value is -4.09. The molecule has 0 radical (unpaired) electrons. The molecule has 1 N–H and O–H groups in total. The molecule has 3 aromatic rings. The van der Waals surface area contributed by atoms with E-state index in [9.17, 15) is 28.0 Å². The van der Waals surface area contributed by atoms with Crippen molar-refractivity contribution in [1.82, 2.24) is 25.2 Å². The van der Waals surface area contributed by atoms with E-state index in [2.05, 4.69) is 25.0 Å². The average Bonchev–Trinajstić information content (AvgIpc) is 3.41. The number of benzene rings is 1. The second kappa shape index (κ2) is 12.0. The Morgan fingerprint density at radius 1 is 1.14 bits per heavy atom. The zero-order valence-corrected chi connectivity index (χ0v) is 24.3. The van der Waals surface area contributed by atoms with Crippen LogP contribution in [-0.4, -0.2) is 63.3 Å². The number of nitrogens with zero attached hydrogens (tertiary/aromatic N) is 5. The first-order chi connectivity index (χ1) is 19.7. The van der Waals surface area contributed by atoms with Crippen LogP contribution in [0, 0.1) is 11.3 Å². The molecular formula is C28H29F3N6O4S. The van der Waals surface area contributed by atoms with Gasteiger partial charge in [-0.3, -0.25) is 19.6 Å². The van der Waals surface area contributed by atoms with Gasteiger partial charge in [0, 0.05) is 31.0 Å². The maximum atomic E-state index is 13.2. The molecule has 14 heteroatoms. The molecule has 1 fully saturated rings. The molecule has 42 heavy (non-hydrogen) atoms. The number of thiazole rings is 1. The van der Waals surface area contributed by atoms with Gasteiger partial charge in [0.05, 0.1) is 41.6 Å². The quantitative estimate of drug-likeness (QED) is 0.398. The number of carbonyl (C=O) groups is 2. The first-order valence-electron chi connectivity index (χ1n) is 13.0. The van der Waals surface area contributed by atoms with Crippen LogP contribution in [-0.2, 0) is 10.2 Å². The van der Waals surface area contributed by atoms with Gasteiger partial charge in [-0.1, -0.05) is 0 Å². The van der Waals surface area contributed by atoms with Crippen LogP contribution in [0.5, 0.6) is 5.75 Å². The maximum absolute atomic E-state index is 13.2. The number of morpholine rings is 1. The number of rotatable bonds is 7. The van der Waals surface area contributed by atoms with Gasteiger partial charge in [-0.05, 0) is 58.4 Å². The van der Waals surface area contributed by atoms with Crippen LogP contribution in [0.3, 0.4) is 0 Å². The highest BCUT2D eigenvalue weighted by Crippen LogP contribution is 2.32. The predicted octanol–water partition coefficient (Wildman–Crippen LogP) is 5.04. The molecule has 1 saturated heterocycles. The number of halogens is 3. The lowest BCUT2D eigenvalue weighted by molar-refractivity contribution is -0.274. The molecule has 1 aliphatic heterocycles. The Morgan fingerprint density at radius 3 is 2.45 bits per heavy atom. The maximum Gasteiger partial charge on any atom is 0.573 e. The van der Waals surface area contributed by atoms with E-state index >= 15 is 0 Å². The van der Waals surface area contributed by atoms with Crippen LogP contribution in [0.1, 0.15) is 71.9 Å². The fourth-order valence-electron chi connectivity index (χ4n) is 4.51. The molecule has 4 rings (SSSR count). The van der Waals surface area contributed by atoms with E-state index in [1.165, 1.54) is 38.5 Å². The first-order valence-corrected chi connectivity index (χ1v) is 13.8. The van der Waals surface area contributed by atoms with E-state index in [-0.39, 0.29) is 29.2 Å². The molecule has 1 aliphatic rings. The van der Waals surface area contributed by atoms with E-state index in [1.54, 1.807) is 11.8 Å². The number of aromatic nitrogens is 3. The standard InChI is InChI=1S/C28H29F3N6O4S/c1-15-12-37(13-16(2)40-15)26(39)21-11-35-25(42-21)23-22(33-6-7-34-23)17(3)36-24(38)18-8-19(27(4,5)14-32)10-20(9-18)41-28(29,30)31/h6-11,15-17H,12-13H2,1-5H3,(H,36,38)/t15-,16+,17-/m0/s1. The van der Waals surface area contributed by atoms with Gasteiger partial charge in [0.25, 0.3) is 11.8 Å². The van der Waals surface area contributed by atoms with Gasteiger partial charge in [-0.25, -0.2) is 4.98 Å². The van der Waals surface area contributed by atoms with Crippen molar-refractivity contribution in [2.75, 3.05) is 13.1 Å². The number of nitriles is 1. The number of ether oxygens (including phenoxy) is 2. The van der Waals surface area contributed by atoms with Crippen LogP contribution >= 0.6 is 11.3 Å². The molecule has 2 amide bonds. The van der Waals surface area contributed by atoms with Crippen LogP contribution < -0.4 is 10.1 Å². The zero-order chi connectivity index (χ0) is 30.8. The zero-order valence-electron chi connectivity index (χ0n) is 23.5. The second-order valence-corrected chi connectivity index (χ2v) is 11.5. The number of nitrogens with one attached hydrogen (secondary N) is 1. The van der Waals surface area contributed by atoms with Crippen molar-refractivity contribution in [3.05, 3.63) is 58.5 Å². The average molecular weight is 603 g/mol. The van der Waals surface area contributed by atoms with Crippen molar-refractivity contribution in [2.24, 2.45) is 0 Å². The third-order valence-electron chi connectivity index (χ3n) is 6.51. The summed E-state index contributed by atoms with van der Waals surface area (Å²) in [6, 6.07) is 4.64. The Morgan fingerprint density at radius 2 is 1.81 bits per heavy atom. The van der Waals surface area contributed by atoms with E-state index in [0.717, 1.165) is 23.5 Å². The minimum Gasteiger partial charge on any atom is -0.406 e. The summed E-state index contributed by atoms with van der Waals surface area (Å²) >= 11 is 1.14. The third-order valence-corrected chi connectivity index (χ3v) is 7.51. The van der Waals surface area contributed by atoms with Crippen molar-refractivity contribution in [3.8, 4) is 22.5 Å². The van der Waals surface area contributed by atoms with Gasteiger partial charge in [0.2, 0.25) is 0 Å². The summed E-state index contributed by atoms with van der Waals surface area (Å²) in [4.78, 5) is 41.6. The Balaban J connectivity index is 1.58. The summed E-state index contributed by atoms with van der Waals surface area (Å²) in [5.74, 6) is -1.51. The molecule has 1 aromatic carbocycles. The number of hydrogen-bond donors (Lipinski definition) is 1. The fraction of sp³-hybridized carbons (Fsp3) is 0.429. The highest BCUT2D eigenvalue weighted by atomic mass is 32.1. The summed E-state index contributed by atoms with van der Waals surface area (Å²) in [6.07, 6.45) is -0.817. The number of hydrogen-bond acceptors (Lipinski definition) is 9. The van der Waals surface area contributed by atoms with Crippen molar-refractivity contribution in [2.45, 2.75) is 64.6 Å². The molecule has 2 aromatic heterocycles. The molecule has 0 aliphatic carbocycles. The van der Waals surface area contributed by atoms with Crippen molar-refractivity contribution >= 4 is 23.2 Å². The number of carbonyl (C=O) groups excluding carboxylic acids is 2. The molecule has 0 bridgehead atoms. The highest BCUT2D eigenvalue weighted by molar-refractivity contribution is 7.16. The highest BCUT2D eigenvalue weighted by Gasteiger charge is 2.33. The minimum absolute atomic E-state index is 0.0936. The van der Waals surface area contributed by atoms with Crippen LogP contribution in [0.4, 0.5) is 13.2 Å². The minimum atomic E-state index is -4.99. The second-order valence-electron chi connectivity index (χ2n) is 10.5. The lowest BCUT2D eigenvalue weighted by atomic mass is 9.85. The fourth-order valence-corrected chi connectivity index (χ4v) is 5.40. The van der Waals surface area contributed by atoms with E-state index in [0.29, 0.717) is 34.4 Å². The summed E-state index contributed by atoms with van der Waals surface area (Å²) < 4.78 is 48.7. The smallest absolute Gasteiger partial charge is 0.406 e. The topological polar surface area (TPSA) is 130 Å². The lowest BCUT2D eigenvalue weighted by Crippen LogP contribution is -2.48. The summed E-state index contributed by atoms with van der Waals surface area (Å²) in [7, 11) is 0. The molecule has 0 spiro atoms. The predicted molar refractivity (Wildman–Crippen MR) is 147 cm³/mol. The molecule has 0 unspecified atom stereocenters. The number of amides is 2. The van der Waals surface area contributed by atoms with Crippen LogP contribution in [0.2, 0.25) is 0 Å². The van der Waals surface area contributed by atoms with Crippen molar-refractivity contribution < 1.29 is 32.2 Å². The van der Waals surface area contributed by atoms with Gasteiger partial charge in [0.1, 0.15) is 21.3 Å². The van der Waals surface area contributed by atoms with Crippen LogP contribution in [0.15, 0.2) is 36.8 Å². The molecule has 3 heterocycles. The van der Waals surface area contributed by atoms with E-state index < -0.39 is 29.5 Å². The first kappa shape index (κ1) is 30.9. The largest absolute Gasteiger partial charge is 0.573 e. The molecular weight excluding hydrogens is 573 g/mol. The molecule has 222 valence electrons. The van der Waals surface area contributed by atoms with Gasteiger partial charge >= 0.3 is 6.36 Å². The van der Waals surface area contributed by atoms with Crippen molar-refractivity contribution in [1.29, 1.82) is 5.26 Å². The summed E-state index contributed by atoms with van der Waals surface area (Å²) in [6.45, 7) is 9.39. The van der Waals surface area contributed by atoms with Gasteiger partial charge < -0.3 is 19.7 Å². The molecule has 3 atom stereocenters. The SMILES string of the molecule is C[C@@H]1CN(C(=O)c2cnc(-c3nccnc3[C@H](C)NC(=O)c3cc(OC(F)(F)F)cc(C(C)(C)C#N)c3)s2)C[C@H](C)O1. The third kappa shape index (κ3) is 7.21. The Kier molecular flexibility index (Phi) is 8.84. The van der Waals surface area contributed by atoms with Gasteiger partial charge in [0.15, 0.2) is 0 Å². The molecule has 0 saturated carbocycles. The van der Waals surface area contributed by atoms with Crippen LogP contribution in [0.25, 0.3) is 10.7 Å². The Labute approximate surface area is 244 Å². The summed E-state index contributed by atoms with van der Waals surface area (Å²) in [5.41, 5.74) is -0.468. The Bertz CT molecular complexity index is 1510. The van der Waals surface area contributed by atoms with E-state index in [1.807, 2.05) is 19.9 Å². The number of alkyl halides is 3. The van der Waals surface area contributed by atoms with Gasteiger partial charge in [-0.2, -0.15) is 5.26 Å². The summed E-state index contributed by atoms with van der Waals surface area (Å²) in [5, 5.41) is 12.6. The lowest BCUT2D eigenvalue weighted by Gasteiger charge is -2.35.